The van der Waals surface area contributed by atoms with Crippen molar-refractivity contribution in [3.8, 4) is 5.75 Å². The van der Waals surface area contributed by atoms with Crippen LogP contribution in [0.3, 0.4) is 0 Å². The van der Waals surface area contributed by atoms with Crippen LogP contribution in [0, 0.1) is 5.92 Å². The molecule has 1 atom stereocenters. The highest BCUT2D eigenvalue weighted by Crippen LogP contribution is 2.37. The molecule has 1 aliphatic heterocycles. The molecule has 4 heteroatoms. The van der Waals surface area contributed by atoms with Crippen LogP contribution in [-0.2, 0) is 0 Å². The average molecular weight is 283 g/mol. The van der Waals surface area contributed by atoms with E-state index in [9.17, 15) is 4.79 Å². The molecule has 1 aromatic rings. The molecule has 4 nitrogen and oxygen atoms in total. The Balaban J connectivity index is 2.07. The lowest BCUT2D eigenvalue weighted by Crippen LogP contribution is -2.28. The van der Waals surface area contributed by atoms with Gasteiger partial charge in [-0.05, 0) is 12.1 Å². The van der Waals surface area contributed by atoms with Gasteiger partial charge in [0.05, 0.1) is 11.5 Å². The van der Waals surface area contributed by atoms with Crippen LogP contribution in [0.15, 0.2) is 42.2 Å². The van der Waals surface area contributed by atoms with E-state index < -0.39 is 0 Å². The molecule has 3 rings (SSSR count). The van der Waals surface area contributed by atoms with Crippen molar-refractivity contribution in [1.29, 1.82) is 0 Å². The van der Waals surface area contributed by atoms with E-state index in [0.717, 1.165) is 11.4 Å². The molecule has 0 saturated heterocycles. The van der Waals surface area contributed by atoms with Crippen molar-refractivity contribution in [3.05, 3.63) is 47.7 Å². The molecule has 0 radical (unpaired) electrons. The van der Waals surface area contributed by atoms with Gasteiger partial charge in [-0.25, -0.2) is 4.58 Å². The summed E-state index contributed by atoms with van der Waals surface area (Å²) in [6.45, 7) is 0. The van der Waals surface area contributed by atoms with Crippen LogP contribution < -0.4 is 9.64 Å². The minimum Gasteiger partial charge on any atom is -0.460 e. The lowest BCUT2D eigenvalue weighted by atomic mass is 9.88. The van der Waals surface area contributed by atoms with Crippen molar-refractivity contribution >= 4 is 17.2 Å². The summed E-state index contributed by atoms with van der Waals surface area (Å²) in [7, 11) is 7.88. The molecule has 1 heterocycles. The first-order chi connectivity index (χ1) is 9.97. The molecule has 2 aliphatic rings. The molecule has 108 valence electrons. The third kappa shape index (κ3) is 2.27. The average Bonchev–Trinajstić information content (AvgIpc) is 2.46. The number of carbonyl (C=O) groups excluding carboxylic acids is 1. The van der Waals surface area contributed by atoms with Crippen LogP contribution in [0.1, 0.15) is 10.4 Å². The summed E-state index contributed by atoms with van der Waals surface area (Å²) < 4.78 is 7.99. The number of hydrogen-bond acceptors (Lipinski definition) is 3. The molecule has 0 saturated carbocycles. The van der Waals surface area contributed by atoms with Gasteiger partial charge >= 0.3 is 0 Å². The Morgan fingerprint density at radius 1 is 1.24 bits per heavy atom. The summed E-state index contributed by atoms with van der Waals surface area (Å²) in [5.41, 5.74) is 2.70. The molecule has 0 amide bonds. The molecule has 0 spiro atoms. The highest BCUT2D eigenvalue weighted by Gasteiger charge is 2.34. The first-order valence-electron chi connectivity index (χ1n) is 6.95. The highest BCUT2D eigenvalue weighted by atomic mass is 16.5. The summed E-state index contributed by atoms with van der Waals surface area (Å²) >= 11 is 0. The topological polar surface area (TPSA) is 32.5 Å². The number of carbonyl (C=O) groups is 1. The van der Waals surface area contributed by atoms with Gasteiger partial charge in [-0.3, -0.25) is 4.79 Å². The van der Waals surface area contributed by atoms with Gasteiger partial charge in [0, 0.05) is 38.0 Å². The molecule has 1 aliphatic carbocycles. The van der Waals surface area contributed by atoms with Gasteiger partial charge in [-0.2, -0.15) is 0 Å². The van der Waals surface area contributed by atoms with Crippen molar-refractivity contribution in [3.63, 3.8) is 0 Å². The number of fused-ring (bicyclic) bond motifs is 2. The van der Waals surface area contributed by atoms with Gasteiger partial charge in [-0.15, -0.1) is 0 Å². The maximum atomic E-state index is 12.6. The number of rotatable bonds is 1. The van der Waals surface area contributed by atoms with E-state index in [1.54, 1.807) is 0 Å². The monoisotopic (exact) mass is 283 g/mol. The minimum absolute atomic E-state index is 0.0989. The quantitative estimate of drug-likeness (QED) is 0.740. The zero-order chi connectivity index (χ0) is 15.1. The zero-order valence-corrected chi connectivity index (χ0v) is 12.8. The second-order valence-corrected chi connectivity index (χ2v) is 5.74. The Hall–Kier alpha value is -2.36. The molecular weight excluding hydrogens is 264 g/mol. The Morgan fingerprint density at radius 2 is 2.00 bits per heavy atom. The fraction of sp³-hybridized carbons (Fsp3) is 0.294. The van der Waals surface area contributed by atoms with E-state index in [1.165, 1.54) is 0 Å². The second kappa shape index (κ2) is 4.88. The van der Waals surface area contributed by atoms with Crippen LogP contribution in [0.4, 0.5) is 5.69 Å². The summed E-state index contributed by atoms with van der Waals surface area (Å²) in [5, 5.41) is 0. The van der Waals surface area contributed by atoms with Gasteiger partial charge < -0.3 is 9.64 Å². The smallest absolute Gasteiger partial charge is 0.202 e. The fourth-order valence-electron chi connectivity index (χ4n) is 2.53. The van der Waals surface area contributed by atoms with Crippen LogP contribution >= 0.6 is 0 Å². The Kier molecular flexibility index (Phi) is 3.16. The van der Waals surface area contributed by atoms with E-state index in [-0.39, 0.29) is 11.7 Å². The van der Waals surface area contributed by atoms with Crippen LogP contribution in [0.2, 0.25) is 0 Å². The summed E-state index contributed by atoms with van der Waals surface area (Å²) in [4.78, 5) is 14.6. The summed E-state index contributed by atoms with van der Waals surface area (Å²) in [5.74, 6) is 1.14. The van der Waals surface area contributed by atoms with Gasteiger partial charge in [0.15, 0.2) is 5.78 Å². The zero-order valence-electron chi connectivity index (χ0n) is 12.8. The number of ether oxygens (including phenoxy) is 1. The van der Waals surface area contributed by atoms with Gasteiger partial charge in [0.25, 0.3) is 0 Å². The Bertz CT molecular complexity index is 708. The molecule has 1 unspecified atom stereocenters. The number of Topliss-reactive ketones (excluding diaryl/α,β-unsaturated/α-hetero) is 1. The Morgan fingerprint density at radius 3 is 2.67 bits per heavy atom. The molecule has 0 aromatic heterocycles. The van der Waals surface area contributed by atoms with Crippen molar-refractivity contribution in [2.75, 3.05) is 33.1 Å². The van der Waals surface area contributed by atoms with Gasteiger partial charge in [0.1, 0.15) is 25.6 Å². The summed E-state index contributed by atoms with van der Waals surface area (Å²) in [6.07, 6.45) is 5.82. The molecule has 0 N–H and O–H groups in total. The largest absolute Gasteiger partial charge is 0.460 e. The predicted molar refractivity (Wildman–Crippen MR) is 83.6 cm³/mol. The second-order valence-electron chi connectivity index (χ2n) is 5.74. The van der Waals surface area contributed by atoms with E-state index in [4.69, 9.17) is 4.74 Å². The third-order valence-corrected chi connectivity index (χ3v) is 3.83. The van der Waals surface area contributed by atoms with Crippen molar-refractivity contribution in [2.45, 2.75) is 0 Å². The van der Waals surface area contributed by atoms with E-state index in [1.807, 2.05) is 74.1 Å². The number of allylic oxidation sites excluding steroid dienone is 3. The summed E-state index contributed by atoms with van der Waals surface area (Å²) in [6, 6.07) is 5.71. The third-order valence-electron chi connectivity index (χ3n) is 3.83. The number of hydrogen-bond donors (Lipinski definition) is 0. The van der Waals surface area contributed by atoms with E-state index in [0.29, 0.717) is 17.1 Å². The van der Waals surface area contributed by atoms with E-state index >= 15 is 0 Å². The fourth-order valence-corrected chi connectivity index (χ4v) is 2.53. The maximum absolute atomic E-state index is 12.6. The van der Waals surface area contributed by atoms with Crippen LogP contribution in [-0.4, -0.2) is 44.3 Å². The first-order valence-corrected chi connectivity index (χ1v) is 6.95. The number of nitrogens with zero attached hydrogens (tertiary/aromatic N) is 2. The normalized spacial score (nSPS) is 19.4. The van der Waals surface area contributed by atoms with Crippen molar-refractivity contribution in [2.24, 2.45) is 5.92 Å². The van der Waals surface area contributed by atoms with Crippen molar-refractivity contribution < 1.29 is 14.1 Å². The molecule has 0 bridgehead atoms. The molecule has 0 fully saturated rings. The lowest BCUT2D eigenvalue weighted by Gasteiger charge is -2.27. The molecule has 1 aromatic carbocycles. The van der Waals surface area contributed by atoms with E-state index in [2.05, 4.69) is 0 Å². The SMILES string of the molecule is CN(C)c1ccc2c(c1)OC1=CC(=[N+](C)C)C=CC1C2=O. The number of ketones is 1. The number of anilines is 1. The van der Waals surface area contributed by atoms with Crippen LogP contribution in [0.25, 0.3) is 0 Å². The number of benzene rings is 1. The first kappa shape index (κ1) is 13.6. The van der Waals surface area contributed by atoms with Crippen molar-refractivity contribution in [1.82, 2.24) is 0 Å². The standard InChI is InChI=1S/C17H19N2O2/c1-18(2)11-5-7-13-15(9-11)21-16-10-12(19(3)4)6-8-14(16)17(13)20/h5-10,13H,1-4H3/q+1. The Labute approximate surface area is 124 Å². The molecular formula is C17H19N2O2+. The highest BCUT2D eigenvalue weighted by molar-refractivity contribution is 6.09. The van der Waals surface area contributed by atoms with Gasteiger partial charge in [0.2, 0.25) is 5.71 Å². The predicted octanol–water partition coefficient (Wildman–Crippen LogP) is 2.11. The van der Waals surface area contributed by atoms with Crippen LogP contribution in [0.5, 0.6) is 5.75 Å². The van der Waals surface area contributed by atoms with Gasteiger partial charge in [-0.1, -0.05) is 6.08 Å². The minimum atomic E-state index is -0.300. The molecule has 21 heavy (non-hydrogen) atoms. The maximum Gasteiger partial charge on any atom is 0.202 e. The lowest BCUT2D eigenvalue weighted by molar-refractivity contribution is -0.462.